The maximum absolute atomic E-state index is 10.9. The van der Waals surface area contributed by atoms with Crippen molar-refractivity contribution in [3.8, 4) is 0 Å². The van der Waals surface area contributed by atoms with Gasteiger partial charge in [0.25, 0.3) is 0 Å². The number of benzene rings is 1. The van der Waals surface area contributed by atoms with Gasteiger partial charge in [-0.25, -0.2) is 0 Å². The monoisotopic (exact) mass is 174 g/mol. The maximum Gasteiger partial charge on any atom is 0.127 e. The smallest absolute Gasteiger partial charge is 0.127 e. The summed E-state index contributed by atoms with van der Waals surface area (Å²) in [6, 6.07) is 8.27. The molecule has 1 atom stereocenters. The zero-order chi connectivity index (χ0) is 9.47. The summed E-state index contributed by atoms with van der Waals surface area (Å²) >= 11 is 0. The third kappa shape index (κ3) is 1.19. The summed E-state index contributed by atoms with van der Waals surface area (Å²) in [5.41, 5.74) is 2.73. The summed E-state index contributed by atoms with van der Waals surface area (Å²) in [5.74, 6) is 0.117. The molecule has 0 N–H and O–H groups in total. The normalized spacial score (nSPS) is 24.0. The van der Waals surface area contributed by atoms with Gasteiger partial charge < -0.3 is 4.79 Å². The van der Waals surface area contributed by atoms with E-state index < -0.39 is 0 Å². The average Bonchev–Trinajstić information content (AvgIpc) is 2.39. The van der Waals surface area contributed by atoms with Crippen LogP contribution in [0.1, 0.15) is 37.3 Å². The van der Waals surface area contributed by atoms with Gasteiger partial charge in [0.1, 0.15) is 6.29 Å². The number of hydrogen-bond donors (Lipinski definition) is 0. The highest BCUT2D eigenvalue weighted by molar-refractivity contribution is 5.66. The molecule has 1 heteroatoms. The fourth-order valence-corrected chi connectivity index (χ4v) is 2.33. The standard InChI is InChI=1S/C12H14O/c1-12(2)7-9(8-13)10-5-3-4-6-11(10)12/h3-6,8-9H,7H2,1-2H3. The highest BCUT2D eigenvalue weighted by atomic mass is 16.1. The van der Waals surface area contributed by atoms with Crippen molar-refractivity contribution in [3.63, 3.8) is 0 Å². The first-order chi connectivity index (χ1) is 6.15. The van der Waals surface area contributed by atoms with Gasteiger partial charge in [-0.15, -0.1) is 0 Å². The van der Waals surface area contributed by atoms with Gasteiger partial charge in [-0.3, -0.25) is 0 Å². The zero-order valence-corrected chi connectivity index (χ0v) is 8.08. The Bertz CT molecular complexity index is 339. The zero-order valence-electron chi connectivity index (χ0n) is 8.08. The van der Waals surface area contributed by atoms with Crippen LogP contribution in [-0.4, -0.2) is 6.29 Å². The molecule has 0 heterocycles. The van der Waals surface area contributed by atoms with Crippen LogP contribution in [0.2, 0.25) is 0 Å². The molecule has 0 saturated carbocycles. The van der Waals surface area contributed by atoms with Crippen LogP contribution < -0.4 is 0 Å². The predicted molar refractivity (Wildman–Crippen MR) is 52.9 cm³/mol. The van der Waals surface area contributed by atoms with Crippen LogP contribution >= 0.6 is 0 Å². The van der Waals surface area contributed by atoms with E-state index in [1.165, 1.54) is 11.1 Å². The van der Waals surface area contributed by atoms with E-state index in [4.69, 9.17) is 0 Å². The van der Waals surface area contributed by atoms with Gasteiger partial charge in [-0.05, 0) is 23.0 Å². The SMILES string of the molecule is CC1(C)CC(C=O)c2ccccc21. The number of hydrogen-bond acceptors (Lipinski definition) is 1. The molecule has 2 rings (SSSR count). The lowest BCUT2D eigenvalue weighted by atomic mass is 9.86. The van der Waals surface area contributed by atoms with E-state index >= 15 is 0 Å². The van der Waals surface area contributed by atoms with E-state index in [1.807, 2.05) is 12.1 Å². The van der Waals surface area contributed by atoms with Crippen LogP contribution in [0.25, 0.3) is 0 Å². The van der Waals surface area contributed by atoms with Gasteiger partial charge in [0, 0.05) is 5.92 Å². The molecule has 1 unspecified atom stereocenters. The Kier molecular flexibility index (Phi) is 1.76. The lowest BCUT2D eigenvalue weighted by Gasteiger charge is -2.18. The van der Waals surface area contributed by atoms with E-state index in [9.17, 15) is 4.79 Å². The van der Waals surface area contributed by atoms with Crippen molar-refractivity contribution in [1.82, 2.24) is 0 Å². The number of carbonyl (C=O) groups excluding carboxylic acids is 1. The largest absolute Gasteiger partial charge is 0.303 e. The lowest BCUT2D eigenvalue weighted by Crippen LogP contribution is -2.12. The third-order valence-electron chi connectivity index (χ3n) is 2.98. The molecule has 0 radical (unpaired) electrons. The van der Waals surface area contributed by atoms with Gasteiger partial charge in [0.2, 0.25) is 0 Å². The molecular weight excluding hydrogens is 160 g/mol. The van der Waals surface area contributed by atoms with Crippen molar-refractivity contribution in [2.75, 3.05) is 0 Å². The first-order valence-electron chi connectivity index (χ1n) is 4.70. The minimum atomic E-state index is 0.117. The fourth-order valence-electron chi connectivity index (χ4n) is 2.33. The second-order valence-corrected chi connectivity index (χ2v) is 4.42. The Morgan fingerprint density at radius 3 is 2.77 bits per heavy atom. The molecule has 68 valence electrons. The van der Waals surface area contributed by atoms with E-state index in [2.05, 4.69) is 26.0 Å². The Labute approximate surface area is 78.8 Å². The minimum Gasteiger partial charge on any atom is -0.303 e. The fraction of sp³-hybridized carbons (Fsp3) is 0.417. The average molecular weight is 174 g/mol. The Morgan fingerprint density at radius 1 is 1.38 bits per heavy atom. The molecule has 1 nitrogen and oxygen atoms in total. The van der Waals surface area contributed by atoms with Crippen molar-refractivity contribution < 1.29 is 4.79 Å². The lowest BCUT2D eigenvalue weighted by molar-refractivity contribution is -0.109. The van der Waals surface area contributed by atoms with Crippen LogP contribution in [0.4, 0.5) is 0 Å². The Hall–Kier alpha value is -1.11. The van der Waals surface area contributed by atoms with Crippen molar-refractivity contribution in [2.24, 2.45) is 0 Å². The Balaban J connectivity index is 2.56. The quantitative estimate of drug-likeness (QED) is 0.598. The number of fused-ring (bicyclic) bond motifs is 1. The summed E-state index contributed by atoms with van der Waals surface area (Å²) in [4.78, 5) is 10.9. The van der Waals surface area contributed by atoms with Crippen LogP contribution in [0, 0.1) is 0 Å². The van der Waals surface area contributed by atoms with Gasteiger partial charge >= 0.3 is 0 Å². The number of carbonyl (C=O) groups is 1. The summed E-state index contributed by atoms with van der Waals surface area (Å²) in [6.45, 7) is 4.41. The summed E-state index contributed by atoms with van der Waals surface area (Å²) < 4.78 is 0. The predicted octanol–water partition coefficient (Wildman–Crippen LogP) is 2.65. The van der Waals surface area contributed by atoms with E-state index in [0.717, 1.165) is 12.7 Å². The summed E-state index contributed by atoms with van der Waals surface area (Å²) in [6.07, 6.45) is 2.03. The molecule has 1 aliphatic rings. The highest BCUT2D eigenvalue weighted by Gasteiger charge is 2.35. The molecule has 0 aliphatic heterocycles. The molecule has 0 saturated heterocycles. The van der Waals surface area contributed by atoms with Crippen molar-refractivity contribution in [2.45, 2.75) is 31.6 Å². The van der Waals surface area contributed by atoms with Crippen LogP contribution in [-0.2, 0) is 10.2 Å². The van der Waals surface area contributed by atoms with Crippen molar-refractivity contribution >= 4 is 6.29 Å². The minimum absolute atomic E-state index is 0.117. The molecule has 0 bridgehead atoms. The molecule has 1 aliphatic carbocycles. The molecule has 0 fully saturated rings. The summed E-state index contributed by atoms with van der Waals surface area (Å²) in [5, 5.41) is 0. The van der Waals surface area contributed by atoms with E-state index in [1.54, 1.807) is 0 Å². The first-order valence-corrected chi connectivity index (χ1v) is 4.70. The molecule has 0 amide bonds. The van der Waals surface area contributed by atoms with Gasteiger partial charge in [-0.2, -0.15) is 0 Å². The van der Waals surface area contributed by atoms with Gasteiger partial charge in [0.15, 0.2) is 0 Å². The molecule has 13 heavy (non-hydrogen) atoms. The maximum atomic E-state index is 10.9. The number of rotatable bonds is 1. The number of aldehydes is 1. The van der Waals surface area contributed by atoms with Crippen LogP contribution in [0.15, 0.2) is 24.3 Å². The van der Waals surface area contributed by atoms with E-state index in [-0.39, 0.29) is 11.3 Å². The molecular formula is C12H14O. The highest BCUT2D eigenvalue weighted by Crippen LogP contribution is 2.44. The summed E-state index contributed by atoms with van der Waals surface area (Å²) in [7, 11) is 0. The topological polar surface area (TPSA) is 17.1 Å². The van der Waals surface area contributed by atoms with Crippen LogP contribution in [0.5, 0.6) is 0 Å². The second-order valence-electron chi connectivity index (χ2n) is 4.42. The van der Waals surface area contributed by atoms with Gasteiger partial charge in [0.05, 0.1) is 0 Å². The van der Waals surface area contributed by atoms with Crippen LogP contribution in [0.3, 0.4) is 0 Å². The molecule has 1 aromatic rings. The first kappa shape index (κ1) is 8.49. The molecule has 1 aromatic carbocycles. The molecule has 0 spiro atoms. The van der Waals surface area contributed by atoms with Gasteiger partial charge in [-0.1, -0.05) is 38.1 Å². The van der Waals surface area contributed by atoms with Crippen molar-refractivity contribution in [3.05, 3.63) is 35.4 Å². The molecule has 0 aromatic heterocycles. The van der Waals surface area contributed by atoms with Crippen molar-refractivity contribution in [1.29, 1.82) is 0 Å². The second kappa shape index (κ2) is 2.69. The van der Waals surface area contributed by atoms with E-state index in [0.29, 0.717) is 0 Å². The third-order valence-corrected chi connectivity index (χ3v) is 2.98. The Morgan fingerprint density at radius 2 is 2.08 bits per heavy atom.